The van der Waals surface area contributed by atoms with E-state index in [1.807, 2.05) is 43.3 Å². The average Bonchev–Trinajstić information content (AvgIpc) is 3.40. The third-order valence-corrected chi connectivity index (χ3v) is 7.41. The normalized spacial score (nSPS) is 15.3. The molecular formula is C26H23N3O2S. The summed E-state index contributed by atoms with van der Waals surface area (Å²) in [5.74, 6) is 1.82. The number of nitriles is 1. The molecule has 3 heterocycles. The second kappa shape index (κ2) is 8.25. The van der Waals surface area contributed by atoms with E-state index in [4.69, 9.17) is 4.42 Å². The predicted molar refractivity (Wildman–Crippen MR) is 127 cm³/mol. The number of aromatic nitrogens is 1. The first-order valence-electron chi connectivity index (χ1n) is 10.9. The van der Waals surface area contributed by atoms with E-state index in [-0.39, 0.29) is 5.91 Å². The monoisotopic (exact) mass is 441 g/mol. The summed E-state index contributed by atoms with van der Waals surface area (Å²) in [7, 11) is 0. The van der Waals surface area contributed by atoms with Gasteiger partial charge in [-0.15, -0.1) is 11.3 Å². The molecule has 6 heteroatoms. The molecule has 5 nitrogen and oxygen atoms in total. The maximum Gasteiger partial charge on any atom is 0.257 e. The highest BCUT2D eigenvalue weighted by molar-refractivity contribution is 7.16. The Hall–Kier alpha value is -3.43. The largest absolute Gasteiger partial charge is 0.460 e. The van der Waals surface area contributed by atoms with Gasteiger partial charge in [-0.1, -0.05) is 31.5 Å². The highest BCUT2D eigenvalue weighted by Crippen LogP contribution is 2.40. The Labute approximate surface area is 190 Å². The second-order valence-electron chi connectivity index (χ2n) is 8.27. The van der Waals surface area contributed by atoms with Crippen molar-refractivity contribution in [2.45, 2.75) is 39.5 Å². The summed E-state index contributed by atoms with van der Waals surface area (Å²) >= 11 is 1.55. The number of aryl methyl sites for hydroxylation is 1. The lowest BCUT2D eigenvalue weighted by molar-refractivity contribution is 0.102. The lowest BCUT2D eigenvalue weighted by Gasteiger charge is -2.20. The number of pyridine rings is 1. The van der Waals surface area contributed by atoms with Crippen LogP contribution in [0.2, 0.25) is 0 Å². The third kappa shape index (κ3) is 3.59. The zero-order valence-corrected chi connectivity index (χ0v) is 18.9. The van der Waals surface area contributed by atoms with Gasteiger partial charge in [-0.2, -0.15) is 5.26 Å². The summed E-state index contributed by atoms with van der Waals surface area (Å²) in [4.78, 5) is 19.4. The molecule has 1 aromatic carbocycles. The lowest BCUT2D eigenvalue weighted by Crippen LogP contribution is -2.13. The van der Waals surface area contributed by atoms with Crippen molar-refractivity contribution < 1.29 is 9.21 Å². The number of hydrogen-bond acceptors (Lipinski definition) is 5. The maximum absolute atomic E-state index is 13.4. The molecule has 0 saturated heterocycles. The van der Waals surface area contributed by atoms with E-state index in [1.54, 1.807) is 17.4 Å². The van der Waals surface area contributed by atoms with Gasteiger partial charge in [-0.25, -0.2) is 4.98 Å². The average molecular weight is 442 g/mol. The van der Waals surface area contributed by atoms with Gasteiger partial charge in [0.15, 0.2) is 5.76 Å². The van der Waals surface area contributed by atoms with Crippen LogP contribution in [-0.2, 0) is 12.8 Å². The van der Waals surface area contributed by atoms with E-state index in [2.05, 4.69) is 23.3 Å². The number of benzene rings is 1. The molecule has 0 radical (unpaired) electrons. The third-order valence-electron chi connectivity index (χ3n) is 6.24. The van der Waals surface area contributed by atoms with Crippen LogP contribution in [0.25, 0.3) is 22.4 Å². The SMILES string of the molecule is CCC1CCc2c(sc(NC(=O)c3cc(-c4ccc(C)o4)nc4ccccc34)c2C#N)C1. The zero-order chi connectivity index (χ0) is 22.2. The zero-order valence-electron chi connectivity index (χ0n) is 18.1. The number of hydrogen-bond donors (Lipinski definition) is 1. The molecule has 1 unspecified atom stereocenters. The smallest absolute Gasteiger partial charge is 0.257 e. The maximum atomic E-state index is 13.4. The number of nitrogens with one attached hydrogen (secondary N) is 1. The standard InChI is InChI=1S/C26H23N3O2S/c1-3-16-9-10-18-20(14-27)26(32-24(18)12-16)29-25(30)19-13-22(23-11-8-15(2)31-23)28-21-7-5-4-6-17(19)21/h4-8,11,13,16H,3,9-10,12H2,1-2H3,(H,29,30). The Balaban J connectivity index is 1.55. The van der Waals surface area contributed by atoms with Crippen LogP contribution in [0, 0.1) is 24.2 Å². The molecule has 0 saturated carbocycles. The van der Waals surface area contributed by atoms with Crippen LogP contribution in [0.3, 0.4) is 0 Å². The van der Waals surface area contributed by atoms with Gasteiger partial charge in [0.25, 0.3) is 5.91 Å². The topological polar surface area (TPSA) is 78.9 Å². The summed E-state index contributed by atoms with van der Waals surface area (Å²) in [6, 6.07) is 15.4. The van der Waals surface area contributed by atoms with Crippen LogP contribution in [0.5, 0.6) is 0 Å². The molecule has 1 amide bonds. The summed E-state index contributed by atoms with van der Waals surface area (Å²) in [6.45, 7) is 4.09. The number of rotatable bonds is 4. The van der Waals surface area contributed by atoms with Crippen molar-refractivity contribution in [1.82, 2.24) is 4.98 Å². The van der Waals surface area contributed by atoms with E-state index in [0.29, 0.717) is 33.5 Å². The van der Waals surface area contributed by atoms with Gasteiger partial charge < -0.3 is 9.73 Å². The molecule has 3 aromatic heterocycles. The van der Waals surface area contributed by atoms with Crippen LogP contribution in [0.15, 0.2) is 46.9 Å². The first-order chi connectivity index (χ1) is 15.6. The van der Waals surface area contributed by atoms with Crippen molar-refractivity contribution >= 4 is 33.1 Å². The molecule has 0 aliphatic heterocycles. The lowest BCUT2D eigenvalue weighted by atomic mass is 9.86. The van der Waals surface area contributed by atoms with E-state index < -0.39 is 0 Å². The molecule has 1 aliphatic carbocycles. The molecule has 5 rings (SSSR count). The Kier molecular flexibility index (Phi) is 5.28. The Bertz CT molecular complexity index is 1380. The Morgan fingerprint density at radius 1 is 1.31 bits per heavy atom. The second-order valence-corrected chi connectivity index (χ2v) is 9.38. The van der Waals surface area contributed by atoms with Crippen molar-refractivity contribution in [2.24, 2.45) is 5.92 Å². The van der Waals surface area contributed by atoms with Crippen molar-refractivity contribution in [3.8, 4) is 17.5 Å². The van der Waals surface area contributed by atoms with Gasteiger partial charge >= 0.3 is 0 Å². The van der Waals surface area contributed by atoms with E-state index in [1.165, 1.54) is 4.88 Å². The number of anilines is 1. The quantitative estimate of drug-likeness (QED) is 0.392. The molecule has 0 bridgehead atoms. The molecule has 32 heavy (non-hydrogen) atoms. The summed E-state index contributed by atoms with van der Waals surface area (Å²) < 4.78 is 5.75. The first-order valence-corrected chi connectivity index (χ1v) is 11.7. The molecule has 0 fully saturated rings. The number of carbonyl (C=O) groups excluding carboxylic acids is 1. The molecule has 0 spiro atoms. The minimum atomic E-state index is -0.240. The summed E-state index contributed by atoms with van der Waals surface area (Å²) in [5.41, 5.74) is 3.58. The van der Waals surface area contributed by atoms with Gasteiger partial charge in [-0.05, 0) is 61.9 Å². The van der Waals surface area contributed by atoms with Crippen molar-refractivity contribution in [2.75, 3.05) is 5.32 Å². The summed E-state index contributed by atoms with van der Waals surface area (Å²) in [6.07, 6.45) is 4.13. The molecule has 160 valence electrons. The fourth-order valence-electron chi connectivity index (χ4n) is 4.44. The predicted octanol–water partition coefficient (Wildman–Crippen LogP) is 6.50. The Morgan fingerprint density at radius 2 is 2.16 bits per heavy atom. The van der Waals surface area contributed by atoms with E-state index in [0.717, 1.165) is 47.9 Å². The fourth-order valence-corrected chi connectivity index (χ4v) is 5.75. The van der Waals surface area contributed by atoms with Crippen LogP contribution in [-0.4, -0.2) is 10.9 Å². The van der Waals surface area contributed by atoms with Gasteiger partial charge in [0.2, 0.25) is 0 Å². The van der Waals surface area contributed by atoms with Crippen molar-refractivity contribution in [3.63, 3.8) is 0 Å². The number of fused-ring (bicyclic) bond motifs is 2. The van der Waals surface area contributed by atoms with Gasteiger partial charge in [0.05, 0.1) is 16.6 Å². The number of thiophene rings is 1. The van der Waals surface area contributed by atoms with E-state index >= 15 is 0 Å². The van der Waals surface area contributed by atoms with Crippen molar-refractivity contribution in [3.05, 3.63) is 69.8 Å². The van der Waals surface area contributed by atoms with Crippen LogP contribution >= 0.6 is 11.3 Å². The van der Waals surface area contributed by atoms with Crippen LogP contribution in [0.1, 0.15) is 51.9 Å². The van der Waals surface area contributed by atoms with Crippen LogP contribution < -0.4 is 5.32 Å². The summed E-state index contributed by atoms with van der Waals surface area (Å²) in [5, 5.41) is 14.3. The number of amides is 1. The number of carbonyl (C=O) groups is 1. The highest BCUT2D eigenvalue weighted by Gasteiger charge is 2.26. The van der Waals surface area contributed by atoms with Gasteiger partial charge in [0.1, 0.15) is 22.5 Å². The first kappa shape index (κ1) is 20.5. The number of furan rings is 1. The molecule has 1 atom stereocenters. The number of para-hydroxylation sites is 1. The van der Waals surface area contributed by atoms with Crippen LogP contribution in [0.4, 0.5) is 5.00 Å². The molecule has 1 aliphatic rings. The van der Waals surface area contributed by atoms with Crippen molar-refractivity contribution in [1.29, 1.82) is 5.26 Å². The molecular weight excluding hydrogens is 418 g/mol. The number of nitrogens with zero attached hydrogens (tertiary/aromatic N) is 2. The highest BCUT2D eigenvalue weighted by atomic mass is 32.1. The Morgan fingerprint density at radius 3 is 2.91 bits per heavy atom. The minimum Gasteiger partial charge on any atom is -0.460 e. The fraction of sp³-hybridized carbons (Fsp3) is 0.269. The minimum absolute atomic E-state index is 0.240. The molecule has 4 aromatic rings. The molecule has 1 N–H and O–H groups in total. The van der Waals surface area contributed by atoms with E-state index in [9.17, 15) is 10.1 Å². The van der Waals surface area contributed by atoms with Gasteiger partial charge in [0, 0.05) is 10.3 Å². The van der Waals surface area contributed by atoms with Gasteiger partial charge in [-0.3, -0.25) is 4.79 Å².